The molecular formula is C13H13NO2S. The number of methoxy groups -OCH3 is 1. The lowest BCUT2D eigenvalue weighted by Gasteiger charge is -2.41. The Morgan fingerprint density at radius 3 is 2.65 bits per heavy atom. The topological polar surface area (TPSA) is 29.5 Å². The van der Waals surface area contributed by atoms with Crippen LogP contribution in [0.15, 0.2) is 30.3 Å². The Hall–Kier alpha value is -1.44. The molecule has 2 rings (SSSR count). The summed E-state index contributed by atoms with van der Waals surface area (Å²) >= 11 is 1.38. The molecule has 1 heterocycles. The standard InChI is InChI=1S/C13H13NO2S/c1-16-12-11(14(17-2)13(12)15)9-8-10-6-4-3-5-7-10/h3-7,11-12H,1-2H3/t11-,12+/m0/s1. The fraction of sp³-hybridized carbons (Fsp3) is 0.308. The van der Waals surface area contributed by atoms with E-state index < -0.39 is 6.10 Å². The normalized spacial score (nSPS) is 22.7. The van der Waals surface area contributed by atoms with E-state index in [4.69, 9.17) is 4.74 Å². The molecule has 1 fully saturated rings. The lowest BCUT2D eigenvalue weighted by molar-refractivity contribution is -0.153. The van der Waals surface area contributed by atoms with Gasteiger partial charge < -0.3 is 4.74 Å². The molecule has 3 nitrogen and oxygen atoms in total. The first kappa shape index (κ1) is 12.0. The summed E-state index contributed by atoms with van der Waals surface area (Å²) in [5.74, 6) is 6.13. The van der Waals surface area contributed by atoms with E-state index in [1.807, 2.05) is 36.6 Å². The predicted octanol–water partition coefficient (Wildman–Crippen LogP) is 1.54. The molecule has 0 N–H and O–H groups in total. The molecule has 0 unspecified atom stereocenters. The fourth-order valence-electron chi connectivity index (χ4n) is 1.68. The summed E-state index contributed by atoms with van der Waals surface area (Å²) in [6.07, 6.45) is 1.44. The number of hydrogen-bond donors (Lipinski definition) is 0. The maximum absolute atomic E-state index is 11.6. The Balaban J connectivity index is 2.13. The number of amides is 1. The number of ether oxygens (including phenoxy) is 1. The number of β-lactam (4-membered cyclic amide) rings is 1. The van der Waals surface area contributed by atoms with Crippen molar-refractivity contribution in [2.24, 2.45) is 0 Å². The Morgan fingerprint density at radius 1 is 1.35 bits per heavy atom. The summed E-state index contributed by atoms with van der Waals surface area (Å²) in [5, 5.41) is 0. The Morgan fingerprint density at radius 2 is 2.06 bits per heavy atom. The first-order valence-electron chi connectivity index (χ1n) is 5.24. The second kappa shape index (κ2) is 5.26. The molecule has 1 aromatic rings. The van der Waals surface area contributed by atoms with Crippen molar-refractivity contribution in [2.75, 3.05) is 13.4 Å². The van der Waals surface area contributed by atoms with Gasteiger partial charge in [-0.25, -0.2) is 0 Å². The highest BCUT2D eigenvalue weighted by molar-refractivity contribution is 7.96. The first-order valence-corrected chi connectivity index (χ1v) is 6.42. The van der Waals surface area contributed by atoms with E-state index >= 15 is 0 Å². The molecule has 88 valence electrons. The van der Waals surface area contributed by atoms with Crippen molar-refractivity contribution in [1.29, 1.82) is 0 Å². The van der Waals surface area contributed by atoms with Crippen molar-refractivity contribution in [3.63, 3.8) is 0 Å². The molecule has 2 atom stereocenters. The van der Waals surface area contributed by atoms with Crippen molar-refractivity contribution in [2.45, 2.75) is 12.1 Å². The average molecular weight is 247 g/mol. The minimum atomic E-state index is -0.418. The molecule has 0 saturated carbocycles. The van der Waals surface area contributed by atoms with Gasteiger partial charge in [-0.3, -0.25) is 9.10 Å². The van der Waals surface area contributed by atoms with Crippen LogP contribution >= 0.6 is 11.9 Å². The molecule has 1 saturated heterocycles. The van der Waals surface area contributed by atoms with Crippen LogP contribution in [0.3, 0.4) is 0 Å². The van der Waals surface area contributed by atoms with Crippen LogP contribution in [0.2, 0.25) is 0 Å². The van der Waals surface area contributed by atoms with E-state index in [0.717, 1.165) is 5.56 Å². The monoisotopic (exact) mass is 247 g/mol. The summed E-state index contributed by atoms with van der Waals surface area (Å²) in [6, 6.07) is 9.57. The van der Waals surface area contributed by atoms with Crippen LogP contribution in [0.5, 0.6) is 0 Å². The van der Waals surface area contributed by atoms with E-state index in [1.54, 1.807) is 4.31 Å². The van der Waals surface area contributed by atoms with Crippen LogP contribution in [0, 0.1) is 11.8 Å². The molecule has 0 bridgehead atoms. The lowest BCUT2D eigenvalue weighted by Crippen LogP contribution is -2.61. The third-order valence-corrected chi connectivity index (χ3v) is 3.39. The maximum atomic E-state index is 11.6. The van der Waals surface area contributed by atoms with Crippen molar-refractivity contribution in [1.82, 2.24) is 4.31 Å². The van der Waals surface area contributed by atoms with E-state index in [0.29, 0.717) is 0 Å². The third-order valence-electron chi connectivity index (χ3n) is 2.59. The van der Waals surface area contributed by atoms with Gasteiger partial charge in [0.1, 0.15) is 6.04 Å². The predicted molar refractivity (Wildman–Crippen MR) is 68.3 cm³/mol. The van der Waals surface area contributed by atoms with Gasteiger partial charge in [0.15, 0.2) is 6.10 Å². The van der Waals surface area contributed by atoms with Gasteiger partial charge in [-0.1, -0.05) is 30.0 Å². The Kier molecular flexibility index (Phi) is 3.72. The van der Waals surface area contributed by atoms with E-state index in [1.165, 1.54) is 19.1 Å². The zero-order valence-electron chi connectivity index (χ0n) is 9.71. The van der Waals surface area contributed by atoms with Gasteiger partial charge in [0, 0.05) is 18.9 Å². The van der Waals surface area contributed by atoms with Crippen molar-refractivity contribution in [3.8, 4) is 11.8 Å². The molecular weight excluding hydrogens is 234 g/mol. The Labute approximate surface area is 105 Å². The van der Waals surface area contributed by atoms with Gasteiger partial charge in [-0.05, 0) is 24.1 Å². The van der Waals surface area contributed by atoms with Crippen molar-refractivity contribution >= 4 is 17.9 Å². The van der Waals surface area contributed by atoms with Crippen LogP contribution in [-0.4, -0.2) is 35.7 Å². The molecule has 0 spiro atoms. The number of carbonyl (C=O) groups is 1. The average Bonchev–Trinajstić information content (AvgIpc) is 2.36. The second-order valence-corrected chi connectivity index (χ2v) is 4.34. The zero-order chi connectivity index (χ0) is 12.3. The van der Waals surface area contributed by atoms with Crippen molar-refractivity contribution in [3.05, 3.63) is 35.9 Å². The van der Waals surface area contributed by atoms with Gasteiger partial charge in [-0.15, -0.1) is 0 Å². The molecule has 0 aliphatic carbocycles. The molecule has 4 heteroatoms. The van der Waals surface area contributed by atoms with Gasteiger partial charge in [0.2, 0.25) is 0 Å². The summed E-state index contributed by atoms with van der Waals surface area (Å²) in [5.41, 5.74) is 0.947. The summed E-state index contributed by atoms with van der Waals surface area (Å²) < 4.78 is 6.77. The molecule has 0 aromatic heterocycles. The number of nitrogens with zero attached hydrogens (tertiary/aromatic N) is 1. The highest BCUT2D eigenvalue weighted by Gasteiger charge is 2.47. The van der Waals surface area contributed by atoms with Crippen LogP contribution < -0.4 is 0 Å². The SMILES string of the molecule is CO[C@H]1C(=O)N(SC)[C@H]1C#Cc1ccccc1. The summed E-state index contributed by atoms with van der Waals surface area (Å²) in [4.78, 5) is 11.6. The number of hydrogen-bond acceptors (Lipinski definition) is 3. The van der Waals surface area contributed by atoms with Gasteiger partial charge in [0.05, 0.1) is 0 Å². The summed E-state index contributed by atoms with van der Waals surface area (Å²) in [6.45, 7) is 0. The largest absolute Gasteiger partial charge is 0.368 e. The lowest BCUT2D eigenvalue weighted by atomic mass is 10.0. The molecule has 1 aliphatic rings. The molecule has 1 aromatic carbocycles. The van der Waals surface area contributed by atoms with Crippen LogP contribution in [0.25, 0.3) is 0 Å². The van der Waals surface area contributed by atoms with Crippen molar-refractivity contribution < 1.29 is 9.53 Å². The molecule has 1 aliphatic heterocycles. The number of benzene rings is 1. The second-order valence-electron chi connectivity index (χ2n) is 3.58. The van der Waals surface area contributed by atoms with Crippen LogP contribution in [0.1, 0.15) is 5.56 Å². The van der Waals surface area contributed by atoms with Crippen LogP contribution in [-0.2, 0) is 9.53 Å². The zero-order valence-corrected chi connectivity index (χ0v) is 10.5. The van der Waals surface area contributed by atoms with Crippen LogP contribution in [0.4, 0.5) is 0 Å². The van der Waals surface area contributed by atoms with Gasteiger partial charge in [0.25, 0.3) is 5.91 Å². The van der Waals surface area contributed by atoms with Gasteiger partial charge in [-0.2, -0.15) is 0 Å². The quantitative estimate of drug-likeness (QED) is 0.451. The Bertz CT molecular complexity index is 449. The number of rotatable bonds is 2. The minimum Gasteiger partial charge on any atom is -0.368 e. The highest BCUT2D eigenvalue weighted by atomic mass is 32.2. The first-order chi connectivity index (χ1) is 8.27. The highest BCUT2D eigenvalue weighted by Crippen LogP contribution is 2.28. The van der Waals surface area contributed by atoms with Gasteiger partial charge >= 0.3 is 0 Å². The van der Waals surface area contributed by atoms with E-state index in [2.05, 4.69) is 11.8 Å². The summed E-state index contributed by atoms with van der Waals surface area (Å²) in [7, 11) is 1.54. The van der Waals surface area contributed by atoms with E-state index in [9.17, 15) is 4.79 Å². The number of carbonyl (C=O) groups excluding carboxylic acids is 1. The van der Waals surface area contributed by atoms with E-state index in [-0.39, 0.29) is 11.9 Å². The maximum Gasteiger partial charge on any atom is 0.266 e. The minimum absolute atomic E-state index is 0.00707. The molecule has 1 amide bonds. The smallest absolute Gasteiger partial charge is 0.266 e. The third kappa shape index (κ3) is 2.31. The fourth-order valence-corrected chi connectivity index (χ4v) is 2.36. The molecule has 0 radical (unpaired) electrons. The molecule has 17 heavy (non-hydrogen) atoms.